The zero-order valence-corrected chi connectivity index (χ0v) is 22.6. The van der Waals surface area contributed by atoms with Crippen LogP contribution in [0, 0.1) is 5.92 Å². The van der Waals surface area contributed by atoms with Gasteiger partial charge >= 0.3 is 0 Å². The first-order valence-corrected chi connectivity index (χ1v) is 11.3. The van der Waals surface area contributed by atoms with Gasteiger partial charge in [0.25, 0.3) is 0 Å². The molecular formula is C23H40IN5O4. The lowest BCUT2D eigenvalue weighted by atomic mass is 9.96. The first-order chi connectivity index (χ1) is 15.5. The van der Waals surface area contributed by atoms with Crippen LogP contribution in [0.15, 0.2) is 17.1 Å². The van der Waals surface area contributed by atoms with Crippen molar-refractivity contribution in [3.63, 3.8) is 0 Å². The molecule has 33 heavy (non-hydrogen) atoms. The Kier molecular flexibility index (Phi) is 13.9. The molecule has 9 nitrogen and oxygen atoms in total. The van der Waals surface area contributed by atoms with Gasteiger partial charge in [-0.3, -0.25) is 4.79 Å². The predicted molar refractivity (Wildman–Crippen MR) is 142 cm³/mol. The van der Waals surface area contributed by atoms with Gasteiger partial charge in [0.1, 0.15) is 0 Å². The fourth-order valence-electron chi connectivity index (χ4n) is 3.85. The summed E-state index contributed by atoms with van der Waals surface area (Å²) in [6.07, 6.45) is 3.91. The summed E-state index contributed by atoms with van der Waals surface area (Å²) in [5.41, 5.74) is 6.38. The van der Waals surface area contributed by atoms with Gasteiger partial charge in [-0.1, -0.05) is 0 Å². The quantitative estimate of drug-likeness (QED) is 0.152. The molecule has 2 rings (SSSR count). The third-order valence-electron chi connectivity index (χ3n) is 5.67. The number of carbonyl (C=O) groups excluding carboxylic acids is 1. The van der Waals surface area contributed by atoms with Crippen molar-refractivity contribution in [3.05, 3.63) is 17.7 Å². The lowest BCUT2D eigenvalue weighted by Gasteiger charge is -2.30. The second-order valence-electron chi connectivity index (χ2n) is 7.88. The van der Waals surface area contributed by atoms with Crippen molar-refractivity contribution >= 4 is 35.8 Å². The van der Waals surface area contributed by atoms with E-state index in [4.69, 9.17) is 24.9 Å². The van der Waals surface area contributed by atoms with Gasteiger partial charge in [0, 0.05) is 19.0 Å². The molecule has 1 heterocycles. The van der Waals surface area contributed by atoms with E-state index < -0.39 is 0 Å². The molecule has 0 bridgehead atoms. The summed E-state index contributed by atoms with van der Waals surface area (Å²) in [7, 11) is 4.81. The Balaban J connectivity index is 0.00000544. The molecule has 1 aromatic rings. The number of nitrogens with one attached hydrogen (secondary N) is 2. The van der Waals surface area contributed by atoms with Crippen LogP contribution in [0.25, 0.3) is 0 Å². The Morgan fingerprint density at radius 1 is 1.09 bits per heavy atom. The van der Waals surface area contributed by atoms with Crippen molar-refractivity contribution in [1.29, 1.82) is 0 Å². The van der Waals surface area contributed by atoms with Gasteiger partial charge in [-0.25, -0.2) is 4.99 Å². The molecular weight excluding hydrogens is 537 g/mol. The third-order valence-corrected chi connectivity index (χ3v) is 5.67. The van der Waals surface area contributed by atoms with Crippen LogP contribution in [0.3, 0.4) is 0 Å². The summed E-state index contributed by atoms with van der Waals surface area (Å²) in [6.45, 7) is 7.13. The Morgan fingerprint density at radius 3 is 2.24 bits per heavy atom. The van der Waals surface area contributed by atoms with Crippen LogP contribution in [-0.4, -0.2) is 70.8 Å². The molecule has 1 saturated heterocycles. The molecule has 1 aliphatic heterocycles. The molecule has 1 amide bonds. The number of unbranched alkanes of at least 4 members (excludes halogenated alkanes) is 1. The van der Waals surface area contributed by atoms with E-state index in [-0.39, 0.29) is 35.8 Å². The topological polar surface area (TPSA) is 110 Å². The van der Waals surface area contributed by atoms with Crippen molar-refractivity contribution in [1.82, 2.24) is 15.5 Å². The minimum Gasteiger partial charge on any atom is -0.493 e. The molecule has 0 spiro atoms. The fourth-order valence-corrected chi connectivity index (χ4v) is 3.85. The Bertz CT molecular complexity index is 729. The zero-order valence-electron chi connectivity index (χ0n) is 20.3. The monoisotopic (exact) mass is 577 g/mol. The number of benzene rings is 1. The number of rotatable bonds is 12. The van der Waals surface area contributed by atoms with Gasteiger partial charge < -0.3 is 35.5 Å². The second kappa shape index (κ2) is 15.8. The van der Waals surface area contributed by atoms with E-state index in [1.54, 1.807) is 21.3 Å². The van der Waals surface area contributed by atoms with Crippen LogP contribution >= 0.6 is 24.0 Å². The Hall–Kier alpha value is -1.95. The number of piperidine rings is 1. The molecule has 1 aliphatic rings. The number of halogens is 1. The number of likely N-dealkylation sites (tertiary alicyclic amines) is 1. The minimum absolute atomic E-state index is 0. The maximum Gasteiger partial charge on any atom is 0.220 e. The molecule has 4 N–H and O–H groups in total. The highest BCUT2D eigenvalue weighted by atomic mass is 127. The van der Waals surface area contributed by atoms with E-state index in [1.807, 2.05) is 19.1 Å². The number of ether oxygens (including phenoxy) is 3. The number of hydrogen-bond acceptors (Lipinski definition) is 6. The van der Waals surface area contributed by atoms with Crippen molar-refractivity contribution in [2.45, 2.75) is 39.2 Å². The summed E-state index contributed by atoms with van der Waals surface area (Å²) in [6, 6.07) is 3.83. The lowest BCUT2D eigenvalue weighted by Crippen LogP contribution is -2.39. The molecule has 10 heteroatoms. The molecule has 1 aromatic carbocycles. The normalized spacial score (nSPS) is 14.8. The van der Waals surface area contributed by atoms with Gasteiger partial charge in [-0.05, 0) is 69.9 Å². The first kappa shape index (κ1) is 29.1. The van der Waals surface area contributed by atoms with Gasteiger partial charge in [0.05, 0.1) is 27.9 Å². The third kappa shape index (κ3) is 9.44. The molecule has 0 saturated carbocycles. The summed E-state index contributed by atoms with van der Waals surface area (Å²) >= 11 is 0. The van der Waals surface area contributed by atoms with Crippen LogP contribution in [0.5, 0.6) is 17.2 Å². The molecule has 0 atom stereocenters. The van der Waals surface area contributed by atoms with Crippen LogP contribution < -0.4 is 30.6 Å². The van der Waals surface area contributed by atoms with Gasteiger partial charge in [0.15, 0.2) is 17.5 Å². The maximum atomic E-state index is 11.3. The number of nitrogens with two attached hydrogens (primary N) is 1. The number of primary amides is 1. The minimum atomic E-state index is -0.157. The maximum absolute atomic E-state index is 11.3. The highest BCUT2D eigenvalue weighted by Gasteiger charge is 2.22. The summed E-state index contributed by atoms with van der Waals surface area (Å²) in [5.74, 6) is 2.49. The fraction of sp³-hybridized carbons (Fsp3) is 0.652. The number of hydrogen-bond donors (Lipinski definition) is 3. The van der Waals surface area contributed by atoms with Crippen molar-refractivity contribution in [2.75, 3.05) is 54.1 Å². The van der Waals surface area contributed by atoms with E-state index in [9.17, 15) is 4.79 Å². The Morgan fingerprint density at radius 2 is 1.73 bits per heavy atom. The number of guanidine groups is 1. The second-order valence-corrected chi connectivity index (χ2v) is 7.88. The van der Waals surface area contributed by atoms with Crippen LogP contribution in [0.2, 0.25) is 0 Å². The molecule has 0 unspecified atom stereocenters. The highest BCUT2D eigenvalue weighted by Crippen LogP contribution is 2.38. The average Bonchev–Trinajstić information content (AvgIpc) is 2.81. The van der Waals surface area contributed by atoms with E-state index in [2.05, 4.69) is 15.5 Å². The van der Waals surface area contributed by atoms with E-state index >= 15 is 0 Å². The average molecular weight is 578 g/mol. The van der Waals surface area contributed by atoms with Gasteiger partial charge in [0.2, 0.25) is 11.7 Å². The lowest BCUT2D eigenvalue weighted by molar-refractivity contribution is -0.123. The molecule has 0 radical (unpaired) electrons. The molecule has 0 aliphatic carbocycles. The van der Waals surface area contributed by atoms with E-state index in [0.717, 1.165) is 69.9 Å². The summed E-state index contributed by atoms with van der Waals surface area (Å²) < 4.78 is 16.2. The molecule has 188 valence electrons. The highest BCUT2D eigenvalue weighted by molar-refractivity contribution is 14.0. The number of carbonyl (C=O) groups is 1. The van der Waals surface area contributed by atoms with Crippen molar-refractivity contribution < 1.29 is 19.0 Å². The zero-order chi connectivity index (χ0) is 23.3. The molecule has 1 fully saturated rings. The molecule has 0 aromatic heterocycles. The number of amides is 1. The van der Waals surface area contributed by atoms with Crippen LogP contribution in [0.1, 0.15) is 38.2 Å². The number of methoxy groups -OCH3 is 3. The van der Waals surface area contributed by atoms with Gasteiger partial charge in [-0.2, -0.15) is 0 Å². The van der Waals surface area contributed by atoms with Crippen LogP contribution in [0.4, 0.5) is 0 Å². The SMILES string of the molecule is CCNC(=NCc1cc(OC)c(OC)c(OC)c1)NCCCCN1CCC(C(N)=O)CC1.I. The largest absolute Gasteiger partial charge is 0.493 e. The summed E-state index contributed by atoms with van der Waals surface area (Å²) in [5, 5.41) is 6.69. The smallest absolute Gasteiger partial charge is 0.220 e. The Labute approximate surface area is 214 Å². The van der Waals surface area contributed by atoms with Crippen molar-refractivity contribution in [2.24, 2.45) is 16.6 Å². The van der Waals surface area contributed by atoms with Crippen molar-refractivity contribution in [3.8, 4) is 17.2 Å². The predicted octanol–water partition coefficient (Wildman–Crippen LogP) is 2.36. The summed E-state index contributed by atoms with van der Waals surface area (Å²) in [4.78, 5) is 18.4. The number of aliphatic imine (C=N–C) groups is 1. The van der Waals surface area contributed by atoms with E-state index in [0.29, 0.717) is 23.8 Å². The van der Waals surface area contributed by atoms with Gasteiger partial charge in [-0.15, -0.1) is 24.0 Å². The van der Waals surface area contributed by atoms with E-state index in [1.165, 1.54) is 0 Å². The standard InChI is InChI=1S/C23H39N5O4.HI/c1-5-25-23(26-10-6-7-11-28-12-8-18(9-13-28)22(24)29)27-16-17-14-19(30-2)21(32-4)20(15-17)31-3;/h14-15,18H,5-13,16H2,1-4H3,(H2,24,29)(H2,25,26,27);1H. The first-order valence-electron chi connectivity index (χ1n) is 11.3. The number of nitrogens with zero attached hydrogens (tertiary/aromatic N) is 2. The van der Waals surface area contributed by atoms with Crippen LogP contribution in [-0.2, 0) is 11.3 Å².